The van der Waals surface area contributed by atoms with Crippen molar-refractivity contribution in [2.75, 3.05) is 0 Å². The minimum atomic E-state index is -0.395. The lowest BCUT2D eigenvalue weighted by atomic mass is 10.1. The second-order valence-corrected chi connectivity index (χ2v) is 3.68. The van der Waals surface area contributed by atoms with Crippen molar-refractivity contribution in [3.8, 4) is 17.0 Å². The fourth-order valence-electron chi connectivity index (χ4n) is 1.56. The molecule has 0 aliphatic carbocycles. The van der Waals surface area contributed by atoms with E-state index in [0.717, 1.165) is 11.8 Å². The van der Waals surface area contributed by atoms with Crippen molar-refractivity contribution in [1.29, 1.82) is 0 Å². The normalized spacial score (nSPS) is 9.83. The van der Waals surface area contributed by atoms with Gasteiger partial charge in [-0.25, -0.2) is 0 Å². The van der Waals surface area contributed by atoms with E-state index in [1.807, 2.05) is 0 Å². The summed E-state index contributed by atoms with van der Waals surface area (Å²) in [7, 11) is 0. The molecule has 1 aromatic heterocycles. The highest BCUT2D eigenvalue weighted by Gasteiger charge is 2.09. The second-order valence-electron chi connectivity index (χ2n) is 3.68. The maximum absolute atomic E-state index is 11.0. The van der Waals surface area contributed by atoms with Crippen molar-refractivity contribution < 1.29 is 14.3 Å². The summed E-state index contributed by atoms with van der Waals surface area (Å²) in [5.74, 6) is 0.0117. The minimum absolute atomic E-state index is 0.395. The van der Waals surface area contributed by atoms with E-state index in [2.05, 4.69) is 4.98 Å². The summed E-state index contributed by atoms with van der Waals surface area (Å²) in [5.41, 5.74) is 1.95. The van der Waals surface area contributed by atoms with Crippen molar-refractivity contribution in [2.45, 2.75) is 6.92 Å². The summed E-state index contributed by atoms with van der Waals surface area (Å²) in [6.07, 6.45) is 2.39. The lowest BCUT2D eigenvalue weighted by Gasteiger charge is -2.07. The molecule has 0 spiro atoms. The first-order chi connectivity index (χ1) is 8.70. The van der Waals surface area contributed by atoms with Gasteiger partial charge in [-0.2, -0.15) is 0 Å². The van der Waals surface area contributed by atoms with Crippen LogP contribution in [0.25, 0.3) is 11.3 Å². The van der Waals surface area contributed by atoms with Crippen LogP contribution in [0.4, 0.5) is 0 Å². The number of carbonyl (C=O) groups is 2. The van der Waals surface area contributed by atoms with Crippen LogP contribution in [0.15, 0.2) is 42.6 Å². The summed E-state index contributed by atoms with van der Waals surface area (Å²) in [5, 5.41) is 0. The number of pyridine rings is 1. The molecule has 2 rings (SSSR count). The Labute approximate surface area is 104 Å². The van der Waals surface area contributed by atoms with E-state index in [1.54, 1.807) is 42.6 Å². The van der Waals surface area contributed by atoms with Gasteiger partial charge in [-0.1, -0.05) is 24.3 Å². The van der Waals surface area contributed by atoms with Crippen molar-refractivity contribution in [1.82, 2.24) is 4.98 Å². The monoisotopic (exact) mass is 241 g/mol. The quantitative estimate of drug-likeness (QED) is 0.612. The van der Waals surface area contributed by atoms with Gasteiger partial charge in [0.15, 0.2) is 5.75 Å². The fourth-order valence-corrected chi connectivity index (χ4v) is 1.56. The molecule has 4 nitrogen and oxygen atoms in total. The number of benzene rings is 1. The number of aldehydes is 1. The molecule has 0 aliphatic rings. The summed E-state index contributed by atoms with van der Waals surface area (Å²) < 4.78 is 5.09. The third-order valence-electron chi connectivity index (χ3n) is 2.34. The first-order valence-corrected chi connectivity index (χ1v) is 5.40. The molecular formula is C14H11NO3. The molecule has 0 N–H and O–H groups in total. The van der Waals surface area contributed by atoms with Crippen LogP contribution in [0.1, 0.15) is 17.3 Å². The number of hydrogen-bond donors (Lipinski definition) is 0. The first-order valence-electron chi connectivity index (χ1n) is 5.40. The smallest absolute Gasteiger partial charge is 0.308 e. The summed E-state index contributed by atoms with van der Waals surface area (Å²) >= 11 is 0. The molecule has 0 amide bonds. The molecule has 0 fully saturated rings. The minimum Gasteiger partial charge on any atom is -0.424 e. The first kappa shape index (κ1) is 12.0. The predicted octanol–water partition coefficient (Wildman–Crippen LogP) is 2.49. The second kappa shape index (κ2) is 5.23. The van der Waals surface area contributed by atoms with Gasteiger partial charge in [-0.3, -0.25) is 14.6 Å². The molecule has 0 radical (unpaired) electrons. The molecule has 90 valence electrons. The number of hydrogen-bond acceptors (Lipinski definition) is 4. The number of carbonyl (C=O) groups excluding carboxylic acids is 2. The standard InChI is InChI=1S/C14H11NO3/c1-10(17)18-13-3-2-8-15-14(13)12-6-4-11(9-16)5-7-12/h2-9H,1H3. The Morgan fingerprint density at radius 3 is 2.56 bits per heavy atom. The van der Waals surface area contributed by atoms with Gasteiger partial charge in [0.2, 0.25) is 0 Å². The van der Waals surface area contributed by atoms with Crippen LogP contribution < -0.4 is 4.74 Å². The van der Waals surface area contributed by atoms with Crippen LogP contribution in [0, 0.1) is 0 Å². The number of esters is 1. The molecular weight excluding hydrogens is 230 g/mol. The van der Waals surface area contributed by atoms with E-state index in [1.165, 1.54) is 6.92 Å². The predicted molar refractivity (Wildman–Crippen MR) is 66.4 cm³/mol. The van der Waals surface area contributed by atoms with Crippen LogP contribution in [0.2, 0.25) is 0 Å². The van der Waals surface area contributed by atoms with E-state index in [4.69, 9.17) is 4.74 Å². The lowest BCUT2D eigenvalue weighted by molar-refractivity contribution is -0.131. The van der Waals surface area contributed by atoms with Gasteiger partial charge in [0.25, 0.3) is 0 Å². The van der Waals surface area contributed by atoms with E-state index in [0.29, 0.717) is 17.0 Å². The molecule has 18 heavy (non-hydrogen) atoms. The van der Waals surface area contributed by atoms with Gasteiger partial charge < -0.3 is 4.74 Å². The lowest BCUT2D eigenvalue weighted by Crippen LogP contribution is -2.03. The topological polar surface area (TPSA) is 56.3 Å². The van der Waals surface area contributed by atoms with Crippen molar-refractivity contribution in [3.05, 3.63) is 48.2 Å². The number of aromatic nitrogens is 1. The zero-order valence-corrected chi connectivity index (χ0v) is 9.79. The van der Waals surface area contributed by atoms with Gasteiger partial charge >= 0.3 is 5.97 Å². The largest absolute Gasteiger partial charge is 0.424 e. The molecule has 0 atom stereocenters. The molecule has 1 aromatic carbocycles. The van der Waals surface area contributed by atoms with E-state index < -0.39 is 5.97 Å². The van der Waals surface area contributed by atoms with E-state index in [-0.39, 0.29) is 0 Å². The molecule has 4 heteroatoms. The van der Waals surface area contributed by atoms with Gasteiger partial charge in [0, 0.05) is 24.2 Å². The highest BCUT2D eigenvalue weighted by atomic mass is 16.5. The SMILES string of the molecule is CC(=O)Oc1cccnc1-c1ccc(C=O)cc1. The fraction of sp³-hybridized carbons (Fsp3) is 0.0714. The van der Waals surface area contributed by atoms with E-state index in [9.17, 15) is 9.59 Å². The molecule has 0 aliphatic heterocycles. The molecule has 0 saturated carbocycles. The molecule has 2 aromatic rings. The van der Waals surface area contributed by atoms with Gasteiger partial charge in [-0.15, -0.1) is 0 Å². The third-order valence-corrected chi connectivity index (χ3v) is 2.34. The maximum atomic E-state index is 11.0. The van der Waals surface area contributed by atoms with Crippen LogP contribution in [-0.2, 0) is 4.79 Å². The summed E-state index contributed by atoms with van der Waals surface area (Å²) in [6, 6.07) is 10.3. The van der Waals surface area contributed by atoms with Crippen molar-refractivity contribution in [3.63, 3.8) is 0 Å². The maximum Gasteiger partial charge on any atom is 0.308 e. The Hall–Kier alpha value is -2.49. The Morgan fingerprint density at radius 1 is 1.22 bits per heavy atom. The molecule has 0 unspecified atom stereocenters. The Bertz CT molecular complexity index is 576. The zero-order valence-electron chi connectivity index (χ0n) is 9.79. The van der Waals surface area contributed by atoms with E-state index >= 15 is 0 Å². The Balaban J connectivity index is 2.42. The molecule has 0 saturated heterocycles. The highest BCUT2D eigenvalue weighted by Crippen LogP contribution is 2.27. The van der Waals surface area contributed by atoms with Gasteiger partial charge in [0.05, 0.1) is 0 Å². The van der Waals surface area contributed by atoms with Crippen LogP contribution in [-0.4, -0.2) is 17.2 Å². The molecule has 0 bridgehead atoms. The van der Waals surface area contributed by atoms with Crippen molar-refractivity contribution >= 4 is 12.3 Å². The van der Waals surface area contributed by atoms with Crippen LogP contribution in [0.5, 0.6) is 5.75 Å². The average molecular weight is 241 g/mol. The molecule has 1 heterocycles. The van der Waals surface area contributed by atoms with Crippen LogP contribution >= 0.6 is 0 Å². The van der Waals surface area contributed by atoms with Crippen molar-refractivity contribution in [2.24, 2.45) is 0 Å². The highest BCUT2D eigenvalue weighted by molar-refractivity contribution is 5.78. The Morgan fingerprint density at radius 2 is 1.94 bits per heavy atom. The van der Waals surface area contributed by atoms with Gasteiger partial charge in [-0.05, 0) is 12.1 Å². The summed E-state index contributed by atoms with van der Waals surface area (Å²) in [4.78, 5) is 25.8. The van der Waals surface area contributed by atoms with Crippen LogP contribution in [0.3, 0.4) is 0 Å². The average Bonchev–Trinajstić information content (AvgIpc) is 2.39. The number of nitrogens with zero attached hydrogens (tertiary/aromatic N) is 1. The number of ether oxygens (including phenoxy) is 1. The van der Waals surface area contributed by atoms with Gasteiger partial charge in [0.1, 0.15) is 12.0 Å². The Kier molecular flexibility index (Phi) is 3.48. The zero-order chi connectivity index (χ0) is 13.0. The summed E-state index contributed by atoms with van der Waals surface area (Å²) in [6.45, 7) is 1.34. The third kappa shape index (κ3) is 2.60. The number of rotatable bonds is 3.